The summed E-state index contributed by atoms with van der Waals surface area (Å²) in [6, 6.07) is -0.420. The zero-order valence-corrected chi connectivity index (χ0v) is 37.8. The zero-order valence-electron chi connectivity index (χ0n) is 35.0. The molecule has 0 spiro atoms. The summed E-state index contributed by atoms with van der Waals surface area (Å²) in [4.78, 5) is 31.3. The van der Waals surface area contributed by atoms with Gasteiger partial charge in [-0.2, -0.15) is 11.0 Å². The summed E-state index contributed by atoms with van der Waals surface area (Å²) in [7, 11) is 0.750. The van der Waals surface area contributed by atoms with E-state index in [2.05, 4.69) is 65.4 Å². The van der Waals surface area contributed by atoms with Crippen molar-refractivity contribution in [2.75, 3.05) is 52.6 Å². The van der Waals surface area contributed by atoms with Crippen LogP contribution in [0.3, 0.4) is 0 Å². The maximum atomic E-state index is 12.2. The fourth-order valence-electron chi connectivity index (χ4n) is 11.1. The Morgan fingerprint density at radius 2 is 1.33 bits per heavy atom. The molecule has 3 aliphatic heterocycles. The normalized spacial score (nSPS) is 34.8. The maximum absolute atomic E-state index is 12.2. The summed E-state index contributed by atoms with van der Waals surface area (Å²) in [5, 5.41) is 22.5. The Morgan fingerprint density at radius 1 is 0.833 bits per heavy atom. The first-order valence-corrected chi connectivity index (χ1v) is 20.1. The Balaban J connectivity index is 0.000000262. The average Bonchev–Trinajstić information content (AvgIpc) is 3.59. The van der Waals surface area contributed by atoms with E-state index in [-0.39, 0.29) is 74.9 Å². The average molecular weight is 779 g/mol. The van der Waals surface area contributed by atoms with Gasteiger partial charge in [-0.1, -0.05) is 73.5 Å². The third-order valence-corrected chi connectivity index (χ3v) is 13.5. The molecule has 3 aliphatic carbocycles. The molecule has 0 bridgehead atoms. The van der Waals surface area contributed by atoms with Crippen molar-refractivity contribution in [3.05, 3.63) is 52.1 Å². The number of hydrogen-bond acceptors (Lipinski definition) is 9. The first-order chi connectivity index (χ1) is 24.8. The molecule has 3 N–H and O–H groups in total. The van der Waals surface area contributed by atoms with Crippen LogP contribution in [0.5, 0.6) is 0 Å². The number of fused-ring (bicyclic) bond motifs is 4. The van der Waals surface area contributed by atoms with Crippen LogP contribution in [0.2, 0.25) is 0 Å². The van der Waals surface area contributed by atoms with Gasteiger partial charge in [0.15, 0.2) is 5.78 Å². The topological polar surface area (TPSA) is 128 Å². The van der Waals surface area contributed by atoms with Gasteiger partial charge in [-0.25, -0.2) is 11.4 Å². The van der Waals surface area contributed by atoms with Crippen LogP contribution in [0, 0.1) is 58.0 Å². The van der Waals surface area contributed by atoms with Crippen molar-refractivity contribution >= 4 is 23.7 Å². The van der Waals surface area contributed by atoms with Gasteiger partial charge in [0.1, 0.15) is 5.76 Å². The molecule has 4 fully saturated rings. The number of Topliss-reactive ketones (excluding diaryl/α,β-unsaturated/α-hetero) is 2. The fourth-order valence-corrected chi connectivity index (χ4v) is 11.1. The number of halogens is 1. The number of carbonyl (C=O) groups is 2. The van der Waals surface area contributed by atoms with Gasteiger partial charge in [0.25, 0.3) is 6.04 Å². The van der Waals surface area contributed by atoms with Crippen molar-refractivity contribution in [3.63, 3.8) is 0 Å². The van der Waals surface area contributed by atoms with E-state index in [0.29, 0.717) is 28.9 Å². The van der Waals surface area contributed by atoms with Crippen LogP contribution in [-0.4, -0.2) is 75.4 Å². The summed E-state index contributed by atoms with van der Waals surface area (Å²) in [6.07, 6.45) is 10.3. The predicted octanol–water partition coefficient (Wildman–Crippen LogP) is 3.24. The van der Waals surface area contributed by atoms with Crippen LogP contribution in [0.4, 0.5) is 3.89 Å². The SMILES string of the molecule is CC1(C)c2oncc2C[C@@]2(C)CNCCC12.CSF.C[O-].[C-]#[N+]C1=C[C@@]2(C)CNCC[C@@H]2C(C)(C)C1=O.[C-]#[N+]C1C[C@@]2(C)CNCCC2C(C)(C)C1=O.[Na+]. The minimum atomic E-state index is -0.420. The van der Waals surface area contributed by atoms with E-state index >= 15 is 0 Å². The molecule has 296 valence electrons. The molecule has 1 aromatic rings. The maximum Gasteiger partial charge on any atom is 1.00 e. The van der Waals surface area contributed by atoms with Gasteiger partial charge in [0.2, 0.25) is 11.5 Å². The number of piperidine rings is 3. The second-order valence-corrected chi connectivity index (χ2v) is 18.5. The molecule has 1 saturated carbocycles. The van der Waals surface area contributed by atoms with E-state index in [1.54, 1.807) is 0 Å². The first kappa shape index (κ1) is 48.5. The number of allylic oxidation sites excluding steroid dienone is 1. The third kappa shape index (κ3) is 9.56. The van der Waals surface area contributed by atoms with Crippen molar-refractivity contribution < 1.29 is 52.7 Å². The monoisotopic (exact) mass is 778 g/mol. The number of nitrogens with zero attached hydrogens (tertiary/aromatic N) is 3. The summed E-state index contributed by atoms with van der Waals surface area (Å²) in [6.45, 7) is 39.8. The molecule has 0 radical (unpaired) electrons. The van der Waals surface area contributed by atoms with Crippen molar-refractivity contribution in [2.24, 2.45) is 44.8 Å². The summed E-state index contributed by atoms with van der Waals surface area (Å²) >= 11 is 0.250. The quantitative estimate of drug-likeness (QED) is 0.269. The van der Waals surface area contributed by atoms with Gasteiger partial charge in [0, 0.05) is 66.3 Å². The standard InChI is InChI=1S/2C13H20N2O.C13H18N2O.CH3FS.CH3O.Na/c1-12(2)10-4-5-14-8-13(10,3)6-9-7-15-16-11(9)12;2*1-12(2)10-5-6-15-8-13(10,3)7-9(14-4)11(12)16;1-3-2;1-2;/h7,10,14H,4-6,8H2,1-3H3;9-10,15H,5-8H2,1-3H3;7,10,15H,5-6,8H2,1-3H3;1H3;1H3;/q;;;;-1;+1/t10?,13-;9?,10?,13-;10-,13+;;;/m001.../s1. The number of rotatable bonds is 0. The van der Waals surface area contributed by atoms with Gasteiger partial charge < -0.3 is 35.2 Å². The minimum Gasteiger partial charge on any atom is -0.857 e. The molecule has 0 amide bonds. The van der Waals surface area contributed by atoms with Crippen LogP contribution in [0.1, 0.15) is 99.3 Å². The number of carbonyl (C=O) groups excluding carboxylic acids is 2. The molecule has 13 heteroatoms. The van der Waals surface area contributed by atoms with Crippen LogP contribution in [0.25, 0.3) is 9.69 Å². The molecule has 3 unspecified atom stereocenters. The van der Waals surface area contributed by atoms with Crippen molar-refractivity contribution in [1.29, 1.82) is 0 Å². The molecule has 7 atom stereocenters. The number of nitrogens with one attached hydrogen (secondary N) is 3. The van der Waals surface area contributed by atoms with Gasteiger partial charge in [0.05, 0.1) is 12.8 Å². The third-order valence-electron chi connectivity index (χ3n) is 13.5. The van der Waals surface area contributed by atoms with Crippen molar-refractivity contribution in [2.45, 2.75) is 106 Å². The molecule has 54 heavy (non-hydrogen) atoms. The van der Waals surface area contributed by atoms with Crippen molar-refractivity contribution in [3.8, 4) is 0 Å². The smallest absolute Gasteiger partial charge is 0.857 e. The zero-order chi connectivity index (χ0) is 40.0. The molecule has 10 nitrogen and oxygen atoms in total. The van der Waals surface area contributed by atoms with Gasteiger partial charge in [-0.05, 0) is 79.3 Å². The molecular formula is C41H64FN6NaO4S. The Hall–Kier alpha value is -1.61. The molecule has 7 rings (SSSR count). The van der Waals surface area contributed by atoms with E-state index in [4.69, 9.17) is 22.8 Å². The molecule has 4 heterocycles. The molecule has 0 aromatic carbocycles. The minimum absolute atomic E-state index is 0. The largest absolute Gasteiger partial charge is 1.00 e. The second-order valence-electron chi connectivity index (χ2n) is 18.2. The molecule has 3 saturated heterocycles. The van der Waals surface area contributed by atoms with E-state index in [1.807, 2.05) is 40.0 Å². The first-order valence-electron chi connectivity index (χ1n) is 19.0. The van der Waals surface area contributed by atoms with Gasteiger partial charge >= 0.3 is 29.6 Å². The Labute approximate surface area is 351 Å². The van der Waals surface area contributed by atoms with Crippen LogP contribution >= 0.6 is 12.1 Å². The summed E-state index contributed by atoms with van der Waals surface area (Å²) in [5.74, 6) is 2.77. The molecule has 1 aromatic heterocycles. The van der Waals surface area contributed by atoms with Crippen LogP contribution < -0.4 is 50.6 Å². The summed E-state index contributed by atoms with van der Waals surface area (Å²) in [5.41, 5.74) is 1.47. The fraction of sp³-hybridized carbons (Fsp3) is 0.780. The summed E-state index contributed by atoms with van der Waals surface area (Å²) < 4.78 is 15.7. The van der Waals surface area contributed by atoms with E-state index in [0.717, 1.165) is 77.8 Å². The van der Waals surface area contributed by atoms with Crippen molar-refractivity contribution in [1.82, 2.24) is 21.1 Å². The number of ketones is 2. The van der Waals surface area contributed by atoms with Crippen LogP contribution in [0.15, 0.2) is 22.5 Å². The Bertz CT molecular complexity index is 1570. The number of hydrogen-bond donors (Lipinski definition) is 3. The van der Waals surface area contributed by atoms with E-state index < -0.39 is 11.5 Å². The van der Waals surface area contributed by atoms with Gasteiger partial charge in [-0.15, -0.1) is 0 Å². The molecular weight excluding hydrogens is 715 g/mol. The predicted molar refractivity (Wildman–Crippen MR) is 208 cm³/mol. The molecule has 6 aliphatic rings. The van der Waals surface area contributed by atoms with E-state index in [1.165, 1.54) is 18.2 Å². The second kappa shape index (κ2) is 19.2. The van der Waals surface area contributed by atoms with Crippen LogP contribution in [-0.2, 0) is 21.4 Å². The number of aromatic nitrogens is 1. The van der Waals surface area contributed by atoms with Gasteiger partial charge in [-0.3, -0.25) is 4.79 Å². The Morgan fingerprint density at radius 3 is 1.87 bits per heavy atom. The van der Waals surface area contributed by atoms with E-state index in [9.17, 15) is 13.5 Å². The Kier molecular flexibility index (Phi) is 17.3.